The van der Waals surface area contributed by atoms with E-state index in [4.69, 9.17) is 11.6 Å². The fourth-order valence-corrected chi connectivity index (χ4v) is 1.90. The molecule has 0 atom stereocenters. The highest BCUT2D eigenvalue weighted by atomic mass is 35.5. The summed E-state index contributed by atoms with van der Waals surface area (Å²) in [6.07, 6.45) is 1.58. The van der Waals surface area contributed by atoms with Gasteiger partial charge in [-0.1, -0.05) is 29.3 Å². The number of rotatable bonds is 2. The van der Waals surface area contributed by atoms with Crippen molar-refractivity contribution in [2.45, 2.75) is 13.8 Å². The molecule has 0 radical (unpaired) electrons. The van der Waals surface area contributed by atoms with Crippen molar-refractivity contribution in [1.29, 1.82) is 0 Å². The lowest BCUT2D eigenvalue weighted by Crippen LogP contribution is -2.13. The van der Waals surface area contributed by atoms with E-state index >= 15 is 0 Å². The molecule has 18 heavy (non-hydrogen) atoms. The molecule has 1 aromatic heterocycles. The SMILES string of the molecule is Cc1ccc(C(=O)Nc2cccnc2Cl)c(C)c1. The first kappa shape index (κ1) is 12.6. The minimum Gasteiger partial charge on any atom is -0.319 e. The van der Waals surface area contributed by atoms with Crippen molar-refractivity contribution in [2.24, 2.45) is 0 Å². The zero-order valence-corrected chi connectivity index (χ0v) is 11.0. The third-order valence-electron chi connectivity index (χ3n) is 2.63. The number of anilines is 1. The third-order valence-corrected chi connectivity index (χ3v) is 2.94. The highest BCUT2D eigenvalue weighted by molar-refractivity contribution is 6.32. The standard InChI is InChI=1S/C14H13ClN2O/c1-9-5-6-11(10(2)8-9)14(18)17-12-4-3-7-16-13(12)15/h3-8H,1-2H3,(H,17,18). The number of carbonyl (C=O) groups excluding carboxylic acids is 1. The smallest absolute Gasteiger partial charge is 0.256 e. The summed E-state index contributed by atoms with van der Waals surface area (Å²) in [5.74, 6) is -0.178. The highest BCUT2D eigenvalue weighted by Crippen LogP contribution is 2.19. The van der Waals surface area contributed by atoms with Gasteiger partial charge in [-0.05, 0) is 37.6 Å². The van der Waals surface area contributed by atoms with Gasteiger partial charge in [0, 0.05) is 11.8 Å². The average Bonchev–Trinajstić information content (AvgIpc) is 2.32. The predicted octanol–water partition coefficient (Wildman–Crippen LogP) is 3.60. The Bertz CT molecular complexity index is 596. The maximum absolute atomic E-state index is 12.1. The topological polar surface area (TPSA) is 42.0 Å². The fourth-order valence-electron chi connectivity index (χ4n) is 1.74. The molecule has 92 valence electrons. The largest absolute Gasteiger partial charge is 0.319 e. The minimum absolute atomic E-state index is 0.178. The Balaban J connectivity index is 2.25. The molecular formula is C14H13ClN2O. The highest BCUT2D eigenvalue weighted by Gasteiger charge is 2.10. The molecule has 0 aliphatic heterocycles. The van der Waals surface area contributed by atoms with Crippen LogP contribution in [0.15, 0.2) is 36.5 Å². The fraction of sp³-hybridized carbons (Fsp3) is 0.143. The lowest BCUT2D eigenvalue weighted by Gasteiger charge is -2.09. The molecule has 2 rings (SSSR count). The van der Waals surface area contributed by atoms with Crippen molar-refractivity contribution < 1.29 is 4.79 Å². The van der Waals surface area contributed by atoms with Crippen LogP contribution in [0.2, 0.25) is 5.15 Å². The van der Waals surface area contributed by atoms with Gasteiger partial charge in [-0.3, -0.25) is 4.79 Å². The molecule has 0 spiro atoms. The number of hydrogen-bond donors (Lipinski definition) is 1. The van der Waals surface area contributed by atoms with Crippen LogP contribution in [-0.2, 0) is 0 Å². The van der Waals surface area contributed by atoms with E-state index in [1.807, 2.05) is 32.0 Å². The lowest BCUT2D eigenvalue weighted by molar-refractivity contribution is 0.102. The lowest BCUT2D eigenvalue weighted by atomic mass is 10.1. The van der Waals surface area contributed by atoms with Crippen molar-refractivity contribution >= 4 is 23.2 Å². The van der Waals surface area contributed by atoms with Crippen LogP contribution in [0.5, 0.6) is 0 Å². The number of benzene rings is 1. The van der Waals surface area contributed by atoms with Crippen LogP contribution in [0, 0.1) is 13.8 Å². The van der Waals surface area contributed by atoms with Gasteiger partial charge in [0.2, 0.25) is 0 Å². The summed E-state index contributed by atoms with van der Waals surface area (Å²) >= 11 is 5.89. The molecule has 0 saturated heterocycles. The Kier molecular flexibility index (Phi) is 3.63. The Labute approximate surface area is 111 Å². The van der Waals surface area contributed by atoms with Crippen LogP contribution >= 0.6 is 11.6 Å². The van der Waals surface area contributed by atoms with Gasteiger partial charge in [0.05, 0.1) is 5.69 Å². The van der Waals surface area contributed by atoms with Crippen LogP contribution in [0.4, 0.5) is 5.69 Å². The molecule has 0 fully saturated rings. The average molecular weight is 261 g/mol. The van der Waals surface area contributed by atoms with Crippen molar-refractivity contribution in [3.8, 4) is 0 Å². The Morgan fingerprint density at radius 3 is 2.72 bits per heavy atom. The summed E-state index contributed by atoms with van der Waals surface area (Å²) in [7, 11) is 0. The number of hydrogen-bond acceptors (Lipinski definition) is 2. The first-order valence-corrected chi connectivity index (χ1v) is 5.95. The van der Waals surface area contributed by atoms with Crippen molar-refractivity contribution in [3.05, 3.63) is 58.4 Å². The normalized spacial score (nSPS) is 10.2. The number of nitrogens with zero attached hydrogens (tertiary/aromatic N) is 1. The molecule has 0 aliphatic carbocycles. The molecule has 1 aromatic carbocycles. The molecule has 0 bridgehead atoms. The number of halogens is 1. The Morgan fingerprint density at radius 1 is 1.28 bits per heavy atom. The number of nitrogens with one attached hydrogen (secondary N) is 1. The predicted molar refractivity (Wildman–Crippen MR) is 73.1 cm³/mol. The van der Waals surface area contributed by atoms with Gasteiger partial charge in [-0.25, -0.2) is 4.98 Å². The molecule has 1 N–H and O–H groups in total. The summed E-state index contributed by atoms with van der Waals surface area (Å²) in [4.78, 5) is 16.0. The second-order valence-corrected chi connectivity index (χ2v) is 4.47. The van der Waals surface area contributed by atoms with Gasteiger partial charge in [0.15, 0.2) is 5.15 Å². The van der Waals surface area contributed by atoms with Crippen LogP contribution in [0.1, 0.15) is 21.5 Å². The molecule has 1 heterocycles. The van der Waals surface area contributed by atoms with Gasteiger partial charge in [-0.2, -0.15) is 0 Å². The van der Waals surface area contributed by atoms with Gasteiger partial charge < -0.3 is 5.32 Å². The molecule has 1 amide bonds. The summed E-state index contributed by atoms with van der Waals surface area (Å²) < 4.78 is 0. The maximum atomic E-state index is 12.1. The Morgan fingerprint density at radius 2 is 2.06 bits per heavy atom. The van der Waals surface area contributed by atoms with Crippen molar-refractivity contribution in [3.63, 3.8) is 0 Å². The van der Waals surface area contributed by atoms with Crippen LogP contribution in [0.3, 0.4) is 0 Å². The van der Waals surface area contributed by atoms with Crippen molar-refractivity contribution in [2.75, 3.05) is 5.32 Å². The molecule has 0 saturated carbocycles. The van der Waals surface area contributed by atoms with Crippen LogP contribution < -0.4 is 5.32 Å². The van der Waals surface area contributed by atoms with E-state index < -0.39 is 0 Å². The molecule has 0 aliphatic rings. The zero-order chi connectivity index (χ0) is 13.1. The molecule has 2 aromatic rings. The third kappa shape index (κ3) is 2.68. The number of amides is 1. The van der Waals surface area contributed by atoms with E-state index in [-0.39, 0.29) is 11.1 Å². The summed E-state index contributed by atoms with van der Waals surface area (Å²) in [5, 5.41) is 3.04. The second kappa shape index (κ2) is 5.19. The number of pyridine rings is 1. The van der Waals surface area contributed by atoms with Crippen LogP contribution in [-0.4, -0.2) is 10.9 Å². The quantitative estimate of drug-likeness (QED) is 0.839. The van der Waals surface area contributed by atoms with Gasteiger partial charge >= 0.3 is 0 Å². The summed E-state index contributed by atoms with van der Waals surface area (Å²) in [6, 6.07) is 9.14. The molecule has 0 unspecified atom stereocenters. The van der Waals surface area contributed by atoms with E-state index in [0.717, 1.165) is 11.1 Å². The van der Waals surface area contributed by atoms with E-state index in [2.05, 4.69) is 10.3 Å². The van der Waals surface area contributed by atoms with E-state index in [9.17, 15) is 4.79 Å². The van der Waals surface area contributed by atoms with Crippen LogP contribution in [0.25, 0.3) is 0 Å². The zero-order valence-electron chi connectivity index (χ0n) is 10.2. The maximum Gasteiger partial charge on any atom is 0.256 e. The number of aromatic nitrogens is 1. The molecular weight excluding hydrogens is 248 g/mol. The molecule has 3 nitrogen and oxygen atoms in total. The van der Waals surface area contributed by atoms with Crippen molar-refractivity contribution in [1.82, 2.24) is 4.98 Å². The monoisotopic (exact) mass is 260 g/mol. The van der Waals surface area contributed by atoms with E-state index in [1.54, 1.807) is 18.3 Å². The number of aryl methyl sites for hydroxylation is 2. The molecule has 4 heteroatoms. The second-order valence-electron chi connectivity index (χ2n) is 4.11. The van der Waals surface area contributed by atoms with E-state index in [1.165, 1.54) is 0 Å². The first-order chi connectivity index (χ1) is 8.58. The Hall–Kier alpha value is -1.87. The minimum atomic E-state index is -0.178. The first-order valence-electron chi connectivity index (χ1n) is 5.57. The number of carbonyl (C=O) groups is 1. The van der Waals surface area contributed by atoms with Gasteiger partial charge in [0.1, 0.15) is 0 Å². The van der Waals surface area contributed by atoms with Gasteiger partial charge in [0.25, 0.3) is 5.91 Å². The summed E-state index contributed by atoms with van der Waals surface area (Å²) in [5.41, 5.74) is 3.22. The van der Waals surface area contributed by atoms with E-state index in [0.29, 0.717) is 11.3 Å². The van der Waals surface area contributed by atoms with Gasteiger partial charge in [-0.15, -0.1) is 0 Å². The summed E-state index contributed by atoms with van der Waals surface area (Å²) in [6.45, 7) is 3.90.